The summed E-state index contributed by atoms with van der Waals surface area (Å²) in [5.41, 5.74) is 4.11. The lowest BCUT2D eigenvalue weighted by Gasteiger charge is -2.12. The van der Waals surface area contributed by atoms with Gasteiger partial charge in [-0.05, 0) is 82.6 Å². The molecule has 2 aromatic heterocycles. The number of methoxy groups -OCH3 is 8. The largest absolute Gasteiger partial charge is 0.493 e. The van der Waals surface area contributed by atoms with Gasteiger partial charge < -0.3 is 37.9 Å². The number of nitrogens with zero attached hydrogens (tertiary/aromatic N) is 2. The molecule has 0 spiro atoms. The molecule has 0 N–H and O–H groups in total. The Hall–Kier alpha value is -5.32. The Morgan fingerprint density at radius 3 is 1.00 bits per heavy atom. The number of benzene rings is 4. The Morgan fingerprint density at radius 2 is 0.673 bits per heavy atom. The standard InChI is InChI=1S/2C20H21NO4.2ClH/c2*1-22-17-6-5-13(10-18(17)23-2)9-16-15-12-20(25-4)19(24-3)11-14(15)7-8-21-16;;/h2*5-8,10-12H,9H2,1-4H3;2*1H. The van der Waals surface area contributed by atoms with Crippen LogP contribution in [0.15, 0.2) is 85.2 Å². The van der Waals surface area contributed by atoms with Crippen LogP contribution in [0.4, 0.5) is 0 Å². The molecule has 0 aliphatic heterocycles. The van der Waals surface area contributed by atoms with Gasteiger partial charge in [0.15, 0.2) is 46.0 Å². The van der Waals surface area contributed by atoms with Gasteiger partial charge in [0, 0.05) is 36.0 Å². The molecule has 6 aromatic rings. The Morgan fingerprint density at radius 1 is 0.365 bits per heavy atom. The maximum atomic E-state index is 5.43. The van der Waals surface area contributed by atoms with Crippen LogP contribution in [-0.2, 0) is 12.8 Å². The molecular weight excluding hydrogens is 707 g/mol. The molecule has 0 saturated carbocycles. The van der Waals surface area contributed by atoms with Gasteiger partial charge in [0.05, 0.1) is 68.3 Å². The highest BCUT2D eigenvalue weighted by Gasteiger charge is 2.14. The zero-order chi connectivity index (χ0) is 35.6. The van der Waals surface area contributed by atoms with Crippen LogP contribution in [0.3, 0.4) is 0 Å². The summed E-state index contributed by atoms with van der Waals surface area (Å²) in [6, 6.07) is 23.6. The Bertz CT molecular complexity index is 1950. The summed E-state index contributed by atoms with van der Waals surface area (Å²) in [6.45, 7) is 0. The first-order chi connectivity index (χ1) is 24.4. The van der Waals surface area contributed by atoms with Gasteiger partial charge in [-0.1, -0.05) is 12.1 Å². The third-order valence-corrected chi connectivity index (χ3v) is 8.34. The number of halogens is 2. The van der Waals surface area contributed by atoms with E-state index in [1.54, 1.807) is 56.9 Å². The first kappa shape index (κ1) is 41.1. The molecule has 0 amide bonds. The highest BCUT2D eigenvalue weighted by molar-refractivity contribution is 5.89. The predicted octanol–water partition coefficient (Wildman–Crippen LogP) is 8.56. The van der Waals surface area contributed by atoms with Crippen LogP contribution in [0.5, 0.6) is 46.0 Å². The monoisotopic (exact) mass is 750 g/mol. The number of hydrogen-bond acceptors (Lipinski definition) is 10. The second-order valence-electron chi connectivity index (χ2n) is 11.1. The summed E-state index contributed by atoms with van der Waals surface area (Å²) < 4.78 is 43.0. The van der Waals surface area contributed by atoms with E-state index in [2.05, 4.69) is 9.97 Å². The van der Waals surface area contributed by atoms with Crippen molar-refractivity contribution in [1.82, 2.24) is 9.97 Å². The molecule has 2 heterocycles. The molecule has 52 heavy (non-hydrogen) atoms. The van der Waals surface area contributed by atoms with Gasteiger partial charge in [0.2, 0.25) is 0 Å². The lowest BCUT2D eigenvalue weighted by molar-refractivity contribution is 0.354. The fourth-order valence-corrected chi connectivity index (χ4v) is 5.77. The van der Waals surface area contributed by atoms with Crippen molar-refractivity contribution in [3.05, 3.63) is 108 Å². The molecule has 0 bridgehead atoms. The number of hydrogen-bond donors (Lipinski definition) is 0. The third-order valence-electron chi connectivity index (χ3n) is 8.34. The van der Waals surface area contributed by atoms with Gasteiger partial charge in [0.25, 0.3) is 0 Å². The number of pyridine rings is 2. The van der Waals surface area contributed by atoms with E-state index in [-0.39, 0.29) is 24.8 Å². The SMILES string of the molecule is COc1ccc(Cc2nccc3cc(OC)c(OC)cc23)cc1OC.COc1ccc(Cc2nccc3cc(OC)c(OC)cc23)cc1OC.Cl.Cl. The summed E-state index contributed by atoms with van der Waals surface area (Å²) in [4.78, 5) is 9.13. The minimum absolute atomic E-state index is 0. The lowest BCUT2D eigenvalue weighted by Crippen LogP contribution is -1.97. The maximum Gasteiger partial charge on any atom is 0.161 e. The van der Waals surface area contributed by atoms with E-state index in [0.717, 1.165) is 44.1 Å². The molecule has 0 atom stereocenters. The molecule has 0 aliphatic rings. The summed E-state index contributed by atoms with van der Waals surface area (Å²) in [6.07, 6.45) is 4.97. The Kier molecular flexibility index (Phi) is 15.3. The van der Waals surface area contributed by atoms with Gasteiger partial charge >= 0.3 is 0 Å². The molecular formula is C40H44Cl2N2O8. The van der Waals surface area contributed by atoms with Crippen molar-refractivity contribution in [3.63, 3.8) is 0 Å². The highest BCUT2D eigenvalue weighted by atomic mass is 35.5. The number of fused-ring (bicyclic) bond motifs is 2. The molecule has 4 aromatic carbocycles. The summed E-state index contributed by atoms with van der Waals surface area (Å²) in [5, 5.41) is 4.19. The van der Waals surface area contributed by atoms with Crippen LogP contribution < -0.4 is 37.9 Å². The van der Waals surface area contributed by atoms with Crippen molar-refractivity contribution < 1.29 is 37.9 Å². The maximum absolute atomic E-state index is 5.43. The summed E-state index contributed by atoms with van der Waals surface area (Å²) in [5.74, 6) is 5.63. The molecule has 10 nitrogen and oxygen atoms in total. The lowest BCUT2D eigenvalue weighted by atomic mass is 10.0. The van der Waals surface area contributed by atoms with E-state index < -0.39 is 0 Å². The van der Waals surface area contributed by atoms with E-state index in [0.29, 0.717) is 58.8 Å². The molecule has 6 rings (SSSR count). The number of ether oxygens (including phenoxy) is 8. The van der Waals surface area contributed by atoms with Crippen molar-refractivity contribution in [3.8, 4) is 46.0 Å². The molecule has 0 saturated heterocycles. The van der Waals surface area contributed by atoms with E-state index in [9.17, 15) is 0 Å². The van der Waals surface area contributed by atoms with Crippen LogP contribution in [0.1, 0.15) is 22.5 Å². The normalized spacial score (nSPS) is 10.2. The van der Waals surface area contributed by atoms with Crippen molar-refractivity contribution >= 4 is 46.4 Å². The van der Waals surface area contributed by atoms with E-state index >= 15 is 0 Å². The summed E-state index contributed by atoms with van der Waals surface area (Å²) >= 11 is 0. The molecule has 0 unspecified atom stereocenters. The van der Waals surface area contributed by atoms with E-state index in [1.807, 2.05) is 85.2 Å². The fraction of sp³-hybridized carbons (Fsp3) is 0.250. The van der Waals surface area contributed by atoms with Crippen LogP contribution in [-0.4, -0.2) is 66.8 Å². The number of rotatable bonds is 12. The molecule has 12 heteroatoms. The van der Waals surface area contributed by atoms with Gasteiger partial charge in [-0.2, -0.15) is 0 Å². The second kappa shape index (κ2) is 19.3. The fourth-order valence-electron chi connectivity index (χ4n) is 5.77. The minimum atomic E-state index is 0. The zero-order valence-corrected chi connectivity index (χ0v) is 32.1. The van der Waals surface area contributed by atoms with E-state index in [1.165, 1.54) is 0 Å². The molecule has 0 radical (unpaired) electrons. The van der Waals surface area contributed by atoms with Gasteiger partial charge in [-0.25, -0.2) is 0 Å². The average Bonchev–Trinajstić information content (AvgIpc) is 3.17. The van der Waals surface area contributed by atoms with E-state index in [4.69, 9.17) is 37.9 Å². The van der Waals surface area contributed by atoms with Crippen LogP contribution in [0, 0.1) is 0 Å². The Labute approximate surface area is 316 Å². The first-order valence-electron chi connectivity index (χ1n) is 15.8. The topological polar surface area (TPSA) is 99.6 Å². The van der Waals surface area contributed by atoms with Crippen molar-refractivity contribution in [2.75, 3.05) is 56.9 Å². The van der Waals surface area contributed by atoms with Crippen LogP contribution >= 0.6 is 24.8 Å². The van der Waals surface area contributed by atoms with Crippen LogP contribution in [0.25, 0.3) is 21.5 Å². The Balaban J connectivity index is 0.000000270. The highest BCUT2D eigenvalue weighted by Crippen LogP contribution is 2.36. The zero-order valence-electron chi connectivity index (χ0n) is 30.5. The van der Waals surface area contributed by atoms with Gasteiger partial charge in [-0.15, -0.1) is 24.8 Å². The first-order valence-corrected chi connectivity index (χ1v) is 15.8. The molecule has 0 fully saturated rings. The van der Waals surface area contributed by atoms with Crippen molar-refractivity contribution in [2.24, 2.45) is 0 Å². The van der Waals surface area contributed by atoms with Gasteiger partial charge in [-0.3, -0.25) is 9.97 Å². The quantitative estimate of drug-likeness (QED) is 0.121. The average molecular weight is 752 g/mol. The summed E-state index contributed by atoms with van der Waals surface area (Å²) in [7, 11) is 13.1. The second-order valence-corrected chi connectivity index (χ2v) is 11.1. The third kappa shape index (κ3) is 9.12. The minimum Gasteiger partial charge on any atom is -0.493 e. The van der Waals surface area contributed by atoms with Crippen LogP contribution in [0.2, 0.25) is 0 Å². The van der Waals surface area contributed by atoms with Crippen molar-refractivity contribution in [2.45, 2.75) is 12.8 Å². The molecule has 276 valence electrons. The number of aromatic nitrogens is 2. The van der Waals surface area contributed by atoms with Gasteiger partial charge in [0.1, 0.15) is 0 Å². The molecule has 0 aliphatic carbocycles. The smallest absolute Gasteiger partial charge is 0.161 e. The van der Waals surface area contributed by atoms with Crippen molar-refractivity contribution in [1.29, 1.82) is 0 Å². The predicted molar refractivity (Wildman–Crippen MR) is 209 cm³/mol.